The molecule has 0 radical (unpaired) electrons. The maximum Gasteiger partial charge on any atom is 0.132 e. The molecule has 2 aromatic heterocycles. The fourth-order valence-electron chi connectivity index (χ4n) is 4.45. The topological polar surface area (TPSA) is 84.7 Å². The molecule has 6 heteroatoms. The van der Waals surface area contributed by atoms with E-state index >= 15 is 0 Å². The second-order valence-electron chi connectivity index (χ2n) is 7.95. The van der Waals surface area contributed by atoms with Crippen molar-refractivity contribution in [1.82, 2.24) is 9.55 Å². The molecule has 0 aliphatic heterocycles. The molecule has 1 aromatic carbocycles. The summed E-state index contributed by atoms with van der Waals surface area (Å²) in [4.78, 5) is 16.0. The van der Waals surface area contributed by atoms with Crippen LogP contribution in [0.4, 0.5) is 5.69 Å². The SMILES string of the molecule is Cc1cc2c(cc1C#N)c(-c1cncc(N)c1Cl)cn2[C@H]1CC[C@H](C(C)=O)CC1. The van der Waals surface area contributed by atoms with E-state index in [1.165, 1.54) is 0 Å². The number of anilines is 1. The first-order valence-corrected chi connectivity index (χ1v) is 10.2. The van der Waals surface area contributed by atoms with Gasteiger partial charge in [0.15, 0.2) is 0 Å². The van der Waals surface area contributed by atoms with Crippen molar-refractivity contribution < 1.29 is 4.79 Å². The van der Waals surface area contributed by atoms with Crippen LogP contribution in [0.3, 0.4) is 0 Å². The summed E-state index contributed by atoms with van der Waals surface area (Å²) >= 11 is 6.51. The smallest absolute Gasteiger partial charge is 0.132 e. The zero-order valence-electron chi connectivity index (χ0n) is 16.6. The lowest BCUT2D eigenvalue weighted by atomic mass is 9.84. The number of hydrogen-bond donors (Lipinski definition) is 1. The highest BCUT2D eigenvalue weighted by Gasteiger charge is 2.27. The number of carbonyl (C=O) groups excluding carboxylic acids is 1. The number of ketones is 1. The summed E-state index contributed by atoms with van der Waals surface area (Å²) < 4.78 is 2.29. The van der Waals surface area contributed by atoms with Gasteiger partial charge < -0.3 is 10.3 Å². The van der Waals surface area contributed by atoms with Crippen LogP contribution in [0.15, 0.2) is 30.7 Å². The monoisotopic (exact) mass is 406 g/mol. The molecule has 3 aromatic rings. The fourth-order valence-corrected chi connectivity index (χ4v) is 4.65. The molecule has 1 aliphatic carbocycles. The minimum absolute atomic E-state index is 0.173. The zero-order valence-corrected chi connectivity index (χ0v) is 17.3. The molecular formula is C23H23ClN4O. The Hall–Kier alpha value is -2.84. The molecule has 4 rings (SSSR count). The number of hydrogen-bond acceptors (Lipinski definition) is 4. The van der Waals surface area contributed by atoms with E-state index < -0.39 is 0 Å². The van der Waals surface area contributed by atoms with Crippen LogP contribution in [-0.2, 0) is 4.79 Å². The third kappa shape index (κ3) is 3.38. The van der Waals surface area contributed by atoms with Crippen LogP contribution < -0.4 is 5.73 Å². The van der Waals surface area contributed by atoms with Gasteiger partial charge >= 0.3 is 0 Å². The summed E-state index contributed by atoms with van der Waals surface area (Å²) in [5.41, 5.74) is 10.8. The van der Waals surface area contributed by atoms with Crippen LogP contribution in [0.25, 0.3) is 22.0 Å². The first-order chi connectivity index (χ1) is 13.9. The predicted molar refractivity (Wildman–Crippen MR) is 116 cm³/mol. The number of carbonyl (C=O) groups is 1. The number of nitrogen functional groups attached to an aromatic ring is 1. The van der Waals surface area contributed by atoms with E-state index in [0.717, 1.165) is 53.3 Å². The van der Waals surface area contributed by atoms with Gasteiger partial charge in [0.2, 0.25) is 0 Å². The first-order valence-electron chi connectivity index (χ1n) is 9.85. The molecule has 1 fully saturated rings. The Morgan fingerprint density at radius 1 is 1.24 bits per heavy atom. The number of nitrogens with zero attached hydrogens (tertiary/aromatic N) is 3. The van der Waals surface area contributed by atoms with Crippen LogP contribution in [0, 0.1) is 24.2 Å². The summed E-state index contributed by atoms with van der Waals surface area (Å²) in [5.74, 6) is 0.459. The molecule has 0 bridgehead atoms. The highest BCUT2D eigenvalue weighted by molar-refractivity contribution is 6.36. The highest BCUT2D eigenvalue weighted by Crippen LogP contribution is 2.41. The second kappa shape index (κ2) is 7.53. The molecule has 5 nitrogen and oxygen atoms in total. The van der Waals surface area contributed by atoms with Crippen molar-refractivity contribution in [2.75, 3.05) is 5.73 Å². The number of nitriles is 1. The van der Waals surface area contributed by atoms with Gasteiger partial charge in [0, 0.05) is 46.4 Å². The third-order valence-corrected chi connectivity index (χ3v) is 6.58. The molecule has 0 amide bonds. The Balaban J connectivity index is 1.88. The standard InChI is InChI=1S/C23H23ClN4O/c1-13-7-22-18(8-16(13)9-25)20(19-10-27-11-21(26)23(19)24)12-28(22)17-5-3-15(4-6-17)14(2)29/h7-8,10-12,15,17H,3-6,26H2,1-2H3/t15-,17-. The van der Waals surface area contributed by atoms with Gasteiger partial charge in [0.05, 0.1) is 28.5 Å². The highest BCUT2D eigenvalue weighted by atomic mass is 35.5. The van der Waals surface area contributed by atoms with Crippen molar-refractivity contribution in [3.8, 4) is 17.2 Å². The largest absolute Gasteiger partial charge is 0.396 e. The molecule has 29 heavy (non-hydrogen) atoms. The van der Waals surface area contributed by atoms with Gasteiger partial charge in [-0.2, -0.15) is 5.26 Å². The number of aryl methyl sites for hydroxylation is 1. The molecule has 1 aliphatic rings. The van der Waals surface area contributed by atoms with Crippen molar-refractivity contribution in [2.24, 2.45) is 5.92 Å². The number of aromatic nitrogens is 2. The predicted octanol–water partition coefficient (Wildman–Crippen LogP) is 5.44. The van der Waals surface area contributed by atoms with Gasteiger partial charge in [-0.05, 0) is 57.2 Å². The molecule has 1 saturated carbocycles. The number of fused-ring (bicyclic) bond motifs is 1. The number of halogens is 1. The van der Waals surface area contributed by atoms with Crippen LogP contribution in [0.2, 0.25) is 5.02 Å². The summed E-state index contributed by atoms with van der Waals surface area (Å²) in [5, 5.41) is 11.0. The van der Waals surface area contributed by atoms with E-state index in [2.05, 4.69) is 27.9 Å². The van der Waals surface area contributed by atoms with Gasteiger partial charge in [-0.15, -0.1) is 0 Å². The van der Waals surface area contributed by atoms with Gasteiger partial charge in [0.1, 0.15) is 5.78 Å². The van der Waals surface area contributed by atoms with Crippen molar-refractivity contribution in [3.05, 3.63) is 46.9 Å². The molecule has 0 atom stereocenters. The first kappa shape index (κ1) is 19.5. The van der Waals surface area contributed by atoms with E-state index in [0.29, 0.717) is 22.3 Å². The average Bonchev–Trinajstić information content (AvgIpc) is 3.07. The summed E-state index contributed by atoms with van der Waals surface area (Å²) in [7, 11) is 0. The van der Waals surface area contributed by atoms with Crippen molar-refractivity contribution in [2.45, 2.75) is 45.6 Å². The second-order valence-corrected chi connectivity index (χ2v) is 8.33. The Morgan fingerprint density at radius 3 is 2.62 bits per heavy atom. The van der Waals surface area contributed by atoms with Gasteiger partial charge in [-0.3, -0.25) is 9.78 Å². The normalized spacial score (nSPS) is 19.2. The maximum absolute atomic E-state index is 11.8. The van der Waals surface area contributed by atoms with Gasteiger partial charge in [0.25, 0.3) is 0 Å². The minimum Gasteiger partial charge on any atom is -0.396 e. The van der Waals surface area contributed by atoms with Gasteiger partial charge in [-0.1, -0.05) is 11.6 Å². The molecule has 2 N–H and O–H groups in total. The van der Waals surface area contributed by atoms with Crippen molar-refractivity contribution >= 4 is 34.0 Å². The van der Waals surface area contributed by atoms with Crippen molar-refractivity contribution in [1.29, 1.82) is 5.26 Å². The molecule has 0 saturated heterocycles. The number of rotatable bonds is 3. The Morgan fingerprint density at radius 2 is 1.97 bits per heavy atom. The van der Waals surface area contributed by atoms with Crippen LogP contribution in [-0.4, -0.2) is 15.3 Å². The Labute approximate surface area is 175 Å². The molecule has 0 unspecified atom stereocenters. The van der Waals surface area contributed by atoms with E-state index in [1.54, 1.807) is 19.3 Å². The fraction of sp³-hybridized carbons (Fsp3) is 0.348. The number of nitrogens with two attached hydrogens (primary N) is 1. The zero-order chi connectivity index (χ0) is 20.7. The number of pyridine rings is 1. The third-order valence-electron chi connectivity index (χ3n) is 6.16. The number of Topliss-reactive ketones (excluding diaryl/α,β-unsaturated/α-hetero) is 1. The molecular weight excluding hydrogens is 384 g/mol. The van der Waals surface area contributed by atoms with E-state index in [9.17, 15) is 10.1 Å². The van der Waals surface area contributed by atoms with Crippen LogP contribution >= 0.6 is 11.6 Å². The number of benzene rings is 1. The Kier molecular flexibility index (Phi) is 5.06. The van der Waals surface area contributed by atoms with E-state index in [-0.39, 0.29) is 11.7 Å². The van der Waals surface area contributed by atoms with Gasteiger partial charge in [-0.25, -0.2) is 0 Å². The molecule has 148 valence electrons. The quantitative estimate of drug-likeness (QED) is 0.627. The Bertz CT molecular complexity index is 1150. The van der Waals surface area contributed by atoms with Crippen molar-refractivity contribution in [3.63, 3.8) is 0 Å². The lowest BCUT2D eigenvalue weighted by molar-refractivity contribution is -0.121. The lowest BCUT2D eigenvalue weighted by Gasteiger charge is -2.29. The lowest BCUT2D eigenvalue weighted by Crippen LogP contribution is -2.21. The maximum atomic E-state index is 11.8. The summed E-state index contributed by atoms with van der Waals surface area (Å²) in [6.07, 6.45) is 9.09. The van der Waals surface area contributed by atoms with Crippen LogP contribution in [0.5, 0.6) is 0 Å². The van der Waals surface area contributed by atoms with E-state index in [1.807, 2.05) is 13.0 Å². The minimum atomic E-state index is 0.173. The van der Waals surface area contributed by atoms with E-state index in [4.69, 9.17) is 17.3 Å². The summed E-state index contributed by atoms with van der Waals surface area (Å²) in [6, 6.07) is 6.59. The summed E-state index contributed by atoms with van der Waals surface area (Å²) in [6.45, 7) is 3.65. The van der Waals surface area contributed by atoms with Crippen LogP contribution in [0.1, 0.15) is 49.8 Å². The molecule has 0 spiro atoms. The average molecular weight is 407 g/mol. The molecule has 2 heterocycles.